The van der Waals surface area contributed by atoms with Gasteiger partial charge in [0.05, 0.1) is 24.2 Å². The average molecular weight is 556 g/mol. The third-order valence-corrected chi connectivity index (χ3v) is 5.73. The number of amides is 1. The highest BCUT2D eigenvalue weighted by atomic mass is 79.9. The molecule has 1 amide bonds. The monoisotopic (exact) mass is 554 g/mol. The summed E-state index contributed by atoms with van der Waals surface area (Å²) in [5, 5.41) is 8.09. The molecule has 0 bridgehead atoms. The fraction of sp³-hybridized carbons (Fsp3) is 0.120. The van der Waals surface area contributed by atoms with Gasteiger partial charge in [-0.15, -0.1) is 0 Å². The molecule has 4 aromatic rings. The van der Waals surface area contributed by atoms with Gasteiger partial charge in [0, 0.05) is 20.7 Å². The first kappa shape index (κ1) is 24.4. The molecule has 10 heteroatoms. The SMILES string of the molecule is COc1cccc(C=Nn2c(C)nc3ccc(Br)cc3c2=O)c1OCC(=O)Nc1ccc(Cl)cc1. The number of anilines is 1. The second kappa shape index (κ2) is 10.7. The molecule has 0 saturated heterocycles. The van der Waals surface area contributed by atoms with Gasteiger partial charge in [-0.1, -0.05) is 33.6 Å². The lowest BCUT2D eigenvalue weighted by atomic mass is 10.2. The van der Waals surface area contributed by atoms with Crippen LogP contribution in [0.25, 0.3) is 10.9 Å². The molecule has 4 rings (SSSR count). The van der Waals surface area contributed by atoms with Gasteiger partial charge in [-0.2, -0.15) is 9.78 Å². The quantitative estimate of drug-likeness (QED) is 0.323. The van der Waals surface area contributed by atoms with Gasteiger partial charge in [0.25, 0.3) is 11.5 Å². The van der Waals surface area contributed by atoms with Crippen molar-refractivity contribution in [2.75, 3.05) is 19.0 Å². The minimum absolute atomic E-state index is 0.269. The van der Waals surface area contributed by atoms with Crippen LogP contribution in [0.4, 0.5) is 5.69 Å². The fourth-order valence-corrected chi connectivity index (χ4v) is 3.82. The molecule has 178 valence electrons. The molecule has 0 saturated carbocycles. The van der Waals surface area contributed by atoms with E-state index in [9.17, 15) is 9.59 Å². The lowest BCUT2D eigenvalue weighted by Crippen LogP contribution is -2.21. The standard InChI is InChI=1S/C25H20BrClN4O4/c1-15-29-21-11-6-17(26)12-20(21)25(33)31(15)28-13-16-4-3-5-22(34-2)24(16)35-14-23(32)30-19-9-7-18(27)8-10-19/h3-13H,14H2,1-2H3,(H,30,32). The van der Waals surface area contributed by atoms with E-state index in [0.29, 0.717) is 44.5 Å². The minimum Gasteiger partial charge on any atom is -0.493 e. The number of para-hydroxylation sites is 1. The smallest absolute Gasteiger partial charge is 0.282 e. The number of ether oxygens (including phenoxy) is 2. The first-order chi connectivity index (χ1) is 16.9. The van der Waals surface area contributed by atoms with Gasteiger partial charge in [0.1, 0.15) is 5.82 Å². The minimum atomic E-state index is -0.363. The maximum absolute atomic E-state index is 13.0. The first-order valence-electron chi connectivity index (χ1n) is 10.4. The number of hydrogen-bond donors (Lipinski definition) is 1. The number of methoxy groups -OCH3 is 1. The molecule has 0 aliphatic rings. The number of nitrogens with zero attached hydrogens (tertiary/aromatic N) is 3. The Kier molecular flexibility index (Phi) is 7.48. The number of benzene rings is 3. The Morgan fingerprint density at radius 3 is 2.71 bits per heavy atom. The maximum atomic E-state index is 13.0. The van der Waals surface area contributed by atoms with Crippen LogP contribution in [0.5, 0.6) is 11.5 Å². The Balaban J connectivity index is 1.60. The number of fused-ring (bicyclic) bond motifs is 1. The summed E-state index contributed by atoms with van der Waals surface area (Å²) in [5.74, 6) is 0.788. The van der Waals surface area contributed by atoms with Crippen LogP contribution in [0.3, 0.4) is 0 Å². The Hall–Kier alpha value is -3.69. The second-order valence-electron chi connectivity index (χ2n) is 7.40. The number of halogens is 2. The van der Waals surface area contributed by atoms with Gasteiger partial charge in [-0.05, 0) is 61.5 Å². The molecular formula is C25H20BrClN4O4. The normalized spacial score (nSPS) is 11.1. The second-order valence-corrected chi connectivity index (χ2v) is 8.76. The van der Waals surface area contributed by atoms with Crippen LogP contribution in [0, 0.1) is 6.92 Å². The summed E-state index contributed by atoms with van der Waals surface area (Å²) >= 11 is 9.26. The molecule has 1 aromatic heterocycles. The number of nitrogens with one attached hydrogen (secondary N) is 1. The van der Waals surface area contributed by atoms with Crippen molar-refractivity contribution in [1.82, 2.24) is 9.66 Å². The average Bonchev–Trinajstić information content (AvgIpc) is 2.84. The van der Waals surface area contributed by atoms with Crippen LogP contribution in [0.15, 0.2) is 75.0 Å². The van der Waals surface area contributed by atoms with E-state index in [2.05, 4.69) is 31.3 Å². The number of rotatable bonds is 7. The van der Waals surface area contributed by atoms with Gasteiger partial charge in [0.15, 0.2) is 18.1 Å². The zero-order valence-electron chi connectivity index (χ0n) is 18.8. The van der Waals surface area contributed by atoms with Crippen LogP contribution >= 0.6 is 27.5 Å². The molecule has 1 heterocycles. The van der Waals surface area contributed by atoms with Crippen molar-refractivity contribution < 1.29 is 14.3 Å². The van der Waals surface area contributed by atoms with Crippen LogP contribution in [-0.4, -0.2) is 35.5 Å². The fourth-order valence-electron chi connectivity index (χ4n) is 3.33. The summed E-state index contributed by atoms with van der Waals surface area (Å²) in [6, 6.07) is 17.2. The maximum Gasteiger partial charge on any atom is 0.282 e. The summed E-state index contributed by atoms with van der Waals surface area (Å²) < 4.78 is 13.2. The van der Waals surface area contributed by atoms with Crippen LogP contribution < -0.4 is 20.3 Å². The third-order valence-electron chi connectivity index (χ3n) is 4.99. The number of aryl methyl sites for hydroxylation is 1. The zero-order chi connectivity index (χ0) is 24.9. The van der Waals surface area contributed by atoms with Crippen molar-refractivity contribution in [3.05, 3.63) is 91.9 Å². The highest BCUT2D eigenvalue weighted by Crippen LogP contribution is 2.30. The van der Waals surface area contributed by atoms with Crippen molar-refractivity contribution in [3.8, 4) is 11.5 Å². The number of carbonyl (C=O) groups excluding carboxylic acids is 1. The van der Waals surface area contributed by atoms with E-state index in [4.69, 9.17) is 21.1 Å². The van der Waals surface area contributed by atoms with Crippen molar-refractivity contribution in [1.29, 1.82) is 0 Å². The van der Waals surface area contributed by atoms with E-state index in [0.717, 1.165) is 4.47 Å². The molecule has 0 fully saturated rings. The molecule has 0 atom stereocenters. The summed E-state index contributed by atoms with van der Waals surface area (Å²) in [6.07, 6.45) is 1.47. The zero-order valence-corrected chi connectivity index (χ0v) is 21.1. The molecule has 8 nitrogen and oxygen atoms in total. The van der Waals surface area contributed by atoms with Crippen LogP contribution in [0.1, 0.15) is 11.4 Å². The van der Waals surface area contributed by atoms with Gasteiger partial charge >= 0.3 is 0 Å². The Labute approximate surface area is 214 Å². The van der Waals surface area contributed by atoms with E-state index in [1.165, 1.54) is 18.0 Å². The largest absolute Gasteiger partial charge is 0.493 e. The summed E-state index contributed by atoms with van der Waals surface area (Å²) in [7, 11) is 1.50. The first-order valence-corrected chi connectivity index (χ1v) is 11.6. The van der Waals surface area contributed by atoms with E-state index < -0.39 is 0 Å². The summed E-state index contributed by atoms with van der Waals surface area (Å²) in [6.45, 7) is 1.43. The predicted molar refractivity (Wildman–Crippen MR) is 140 cm³/mol. The Morgan fingerprint density at radius 2 is 1.97 bits per heavy atom. The molecule has 3 aromatic carbocycles. The number of aromatic nitrogens is 2. The molecule has 0 aliphatic carbocycles. The highest BCUT2D eigenvalue weighted by molar-refractivity contribution is 9.10. The molecule has 0 aliphatic heterocycles. The molecule has 35 heavy (non-hydrogen) atoms. The third kappa shape index (κ3) is 5.70. The van der Waals surface area contributed by atoms with E-state index >= 15 is 0 Å². The predicted octanol–water partition coefficient (Wildman–Crippen LogP) is 5.03. The number of hydrogen-bond acceptors (Lipinski definition) is 6. The Bertz CT molecular complexity index is 1490. The van der Waals surface area contributed by atoms with Crippen molar-refractivity contribution in [2.45, 2.75) is 6.92 Å². The molecule has 0 spiro atoms. The van der Waals surface area contributed by atoms with Crippen molar-refractivity contribution in [2.24, 2.45) is 5.10 Å². The molecule has 1 N–H and O–H groups in total. The molecular weight excluding hydrogens is 536 g/mol. The lowest BCUT2D eigenvalue weighted by Gasteiger charge is -2.13. The Morgan fingerprint density at radius 1 is 1.20 bits per heavy atom. The van der Waals surface area contributed by atoms with E-state index in [1.807, 2.05) is 6.07 Å². The van der Waals surface area contributed by atoms with Gasteiger partial charge in [0.2, 0.25) is 0 Å². The summed E-state index contributed by atoms with van der Waals surface area (Å²) in [5.41, 5.74) is 1.39. The molecule has 0 radical (unpaired) electrons. The van der Waals surface area contributed by atoms with E-state index in [1.54, 1.807) is 61.5 Å². The van der Waals surface area contributed by atoms with Crippen LogP contribution in [-0.2, 0) is 4.79 Å². The summed E-state index contributed by atoms with van der Waals surface area (Å²) in [4.78, 5) is 29.9. The van der Waals surface area contributed by atoms with Crippen molar-refractivity contribution in [3.63, 3.8) is 0 Å². The van der Waals surface area contributed by atoms with E-state index in [-0.39, 0.29) is 18.1 Å². The van der Waals surface area contributed by atoms with Gasteiger partial charge in [-0.3, -0.25) is 9.59 Å². The van der Waals surface area contributed by atoms with Crippen LogP contribution in [0.2, 0.25) is 5.02 Å². The van der Waals surface area contributed by atoms with Crippen molar-refractivity contribution >= 4 is 56.2 Å². The number of carbonyl (C=O) groups is 1. The lowest BCUT2D eigenvalue weighted by molar-refractivity contribution is -0.118. The molecule has 0 unspecified atom stereocenters. The van der Waals surface area contributed by atoms with Gasteiger partial charge in [-0.25, -0.2) is 4.98 Å². The highest BCUT2D eigenvalue weighted by Gasteiger charge is 2.13. The topological polar surface area (TPSA) is 94.8 Å². The van der Waals surface area contributed by atoms with Gasteiger partial charge < -0.3 is 14.8 Å².